The first-order chi connectivity index (χ1) is 14.7. The zero-order valence-corrected chi connectivity index (χ0v) is 19.9. The molecule has 0 unspecified atom stereocenters. The summed E-state index contributed by atoms with van der Waals surface area (Å²) in [6.45, 7) is 16.5. The number of piperazine rings is 1. The molecule has 0 spiro atoms. The van der Waals surface area contributed by atoms with Gasteiger partial charge in [0.25, 0.3) is 0 Å². The Morgan fingerprint density at radius 3 is 1.87 bits per heavy atom. The van der Waals surface area contributed by atoms with E-state index in [0.717, 1.165) is 11.8 Å². The van der Waals surface area contributed by atoms with Gasteiger partial charge in [-0.1, -0.05) is 6.92 Å². The van der Waals surface area contributed by atoms with Crippen LogP contribution in [-0.4, -0.2) is 111 Å². The summed E-state index contributed by atoms with van der Waals surface area (Å²) >= 11 is 0. The fourth-order valence-corrected chi connectivity index (χ4v) is 6.32. The first-order valence-electron chi connectivity index (χ1n) is 13.2. The normalized spacial score (nSPS) is 34.4. The van der Waals surface area contributed by atoms with Crippen molar-refractivity contribution in [1.82, 2.24) is 19.6 Å². The number of hydrogen-bond acceptors (Lipinski definition) is 5. The van der Waals surface area contributed by atoms with Crippen molar-refractivity contribution in [2.24, 2.45) is 11.8 Å². The van der Waals surface area contributed by atoms with Crippen LogP contribution >= 0.6 is 0 Å². The van der Waals surface area contributed by atoms with Crippen LogP contribution in [0.25, 0.3) is 0 Å². The van der Waals surface area contributed by atoms with Crippen LogP contribution in [0.4, 0.5) is 0 Å². The average Bonchev–Trinajstić information content (AvgIpc) is 2.78. The molecule has 3 aliphatic heterocycles. The number of rotatable bonds is 7. The SMILES string of the molecule is CCN1CCC[C@H](CN2CCN(C[C@H]3CC[C@H](OC4CCN(C)CC4)CC3)CC2)C1. The molecule has 4 fully saturated rings. The molecule has 5 nitrogen and oxygen atoms in total. The predicted octanol–water partition coefficient (Wildman–Crippen LogP) is 3.01. The van der Waals surface area contributed by atoms with E-state index in [1.165, 1.54) is 123 Å². The Bertz CT molecular complexity index is 480. The van der Waals surface area contributed by atoms with Crippen molar-refractivity contribution < 1.29 is 4.74 Å². The van der Waals surface area contributed by atoms with Gasteiger partial charge in [0.2, 0.25) is 0 Å². The van der Waals surface area contributed by atoms with Crippen LogP contribution < -0.4 is 0 Å². The molecular formula is C25H48N4O. The smallest absolute Gasteiger partial charge is 0.0603 e. The lowest BCUT2D eigenvalue weighted by Crippen LogP contribution is -2.50. The van der Waals surface area contributed by atoms with Gasteiger partial charge in [0.15, 0.2) is 0 Å². The van der Waals surface area contributed by atoms with E-state index < -0.39 is 0 Å². The van der Waals surface area contributed by atoms with Crippen molar-refractivity contribution in [2.45, 2.75) is 70.5 Å². The molecule has 4 rings (SSSR count). The molecule has 0 radical (unpaired) electrons. The van der Waals surface area contributed by atoms with Crippen LogP contribution in [0, 0.1) is 11.8 Å². The third-order valence-corrected chi connectivity index (χ3v) is 8.39. The molecular weight excluding hydrogens is 372 g/mol. The number of nitrogens with zero attached hydrogens (tertiary/aromatic N) is 4. The van der Waals surface area contributed by atoms with E-state index in [4.69, 9.17) is 4.74 Å². The molecule has 3 heterocycles. The Hall–Kier alpha value is -0.200. The second-order valence-electron chi connectivity index (χ2n) is 10.8. The molecule has 3 saturated heterocycles. The summed E-state index contributed by atoms with van der Waals surface area (Å²) in [5.74, 6) is 1.82. The van der Waals surface area contributed by atoms with E-state index in [-0.39, 0.29) is 0 Å². The van der Waals surface area contributed by atoms with Crippen LogP contribution in [0.15, 0.2) is 0 Å². The highest BCUT2D eigenvalue weighted by molar-refractivity contribution is 4.82. The van der Waals surface area contributed by atoms with Gasteiger partial charge >= 0.3 is 0 Å². The molecule has 1 saturated carbocycles. The quantitative estimate of drug-likeness (QED) is 0.630. The lowest BCUT2D eigenvalue weighted by molar-refractivity contribution is -0.0604. The molecule has 0 N–H and O–H groups in total. The third-order valence-electron chi connectivity index (χ3n) is 8.39. The van der Waals surface area contributed by atoms with Gasteiger partial charge in [0.05, 0.1) is 12.2 Å². The van der Waals surface area contributed by atoms with E-state index in [0.29, 0.717) is 12.2 Å². The summed E-state index contributed by atoms with van der Waals surface area (Å²) in [6, 6.07) is 0. The molecule has 4 aliphatic rings. The van der Waals surface area contributed by atoms with Gasteiger partial charge < -0.3 is 24.3 Å². The Morgan fingerprint density at radius 1 is 0.633 bits per heavy atom. The van der Waals surface area contributed by atoms with Crippen molar-refractivity contribution >= 4 is 0 Å². The molecule has 0 aromatic heterocycles. The summed E-state index contributed by atoms with van der Waals surface area (Å²) in [5.41, 5.74) is 0. The van der Waals surface area contributed by atoms with E-state index >= 15 is 0 Å². The van der Waals surface area contributed by atoms with Crippen molar-refractivity contribution in [3.63, 3.8) is 0 Å². The molecule has 0 amide bonds. The third kappa shape index (κ3) is 6.90. The molecule has 1 atom stereocenters. The van der Waals surface area contributed by atoms with Gasteiger partial charge in [0, 0.05) is 58.9 Å². The van der Waals surface area contributed by atoms with Gasteiger partial charge in [0.1, 0.15) is 0 Å². The zero-order valence-electron chi connectivity index (χ0n) is 19.9. The minimum Gasteiger partial charge on any atom is -0.375 e. The van der Waals surface area contributed by atoms with Crippen LogP contribution in [0.1, 0.15) is 58.3 Å². The topological polar surface area (TPSA) is 22.2 Å². The second-order valence-corrected chi connectivity index (χ2v) is 10.8. The fourth-order valence-electron chi connectivity index (χ4n) is 6.32. The molecule has 5 heteroatoms. The van der Waals surface area contributed by atoms with Crippen LogP contribution in [0.2, 0.25) is 0 Å². The average molecular weight is 421 g/mol. The number of hydrogen-bond donors (Lipinski definition) is 0. The number of piperidine rings is 2. The van der Waals surface area contributed by atoms with Crippen molar-refractivity contribution in [1.29, 1.82) is 0 Å². The zero-order chi connectivity index (χ0) is 20.8. The van der Waals surface area contributed by atoms with Crippen molar-refractivity contribution in [3.8, 4) is 0 Å². The largest absolute Gasteiger partial charge is 0.375 e. The molecule has 0 aromatic rings. The Kier molecular flexibility index (Phi) is 8.89. The van der Waals surface area contributed by atoms with Crippen LogP contribution in [0.3, 0.4) is 0 Å². The fraction of sp³-hybridized carbons (Fsp3) is 1.00. The van der Waals surface area contributed by atoms with Crippen LogP contribution in [-0.2, 0) is 4.74 Å². The van der Waals surface area contributed by atoms with E-state index in [1.54, 1.807) is 0 Å². The lowest BCUT2D eigenvalue weighted by atomic mass is 9.86. The molecule has 0 bridgehead atoms. The van der Waals surface area contributed by atoms with Crippen LogP contribution in [0.5, 0.6) is 0 Å². The first-order valence-corrected chi connectivity index (χ1v) is 13.2. The highest BCUT2D eigenvalue weighted by Crippen LogP contribution is 2.29. The highest BCUT2D eigenvalue weighted by atomic mass is 16.5. The van der Waals surface area contributed by atoms with E-state index in [1.807, 2.05) is 0 Å². The Labute approximate surface area is 186 Å². The maximum atomic E-state index is 6.47. The van der Waals surface area contributed by atoms with Gasteiger partial charge in [-0.25, -0.2) is 0 Å². The van der Waals surface area contributed by atoms with Gasteiger partial charge in [-0.05, 0) is 83.3 Å². The molecule has 1 aliphatic carbocycles. The minimum atomic E-state index is 0.532. The van der Waals surface area contributed by atoms with Gasteiger partial charge in [-0.3, -0.25) is 0 Å². The standard InChI is InChI=1S/C25H48N4O/c1-3-27-12-4-5-23(20-27)21-29-17-15-28(16-18-29)19-22-6-8-24(9-7-22)30-25-10-13-26(2)14-11-25/h22-25H,3-21H2,1-2H3/t22-,23-,24-/m0/s1. The molecule has 0 aromatic carbocycles. The first kappa shape index (κ1) is 23.0. The van der Waals surface area contributed by atoms with E-state index in [9.17, 15) is 0 Å². The van der Waals surface area contributed by atoms with E-state index in [2.05, 4.69) is 33.6 Å². The Morgan fingerprint density at radius 2 is 1.23 bits per heavy atom. The minimum absolute atomic E-state index is 0.532. The molecule has 30 heavy (non-hydrogen) atoms. The summed E-state index contributed by atoms with van der Waals surface area (Å²) in [5, 5.41) is 0. The number of likely N-dealkylation sites (tertiary alicyclic amines) is 2. The second kappa shape index (κ2) is 11.6. The maximum absolute atomic E-state index is 6.47. The highest BCUT2D eigenvalue weighted by Gasteiger charge is 2.28. The number of ether oxygens (including phenoxy) is 1. The Balaban J connectivity index is 1.09. The summed E-state index contributed by atoms with van der Waals surface area (Å²) in [4.78, 5) is 10.6. The predicted molar refractivity (Wildman–Crippen MR) is 125 cm³/mol. The van der Waals surface area contributed by atoms with Gasteiger partial charge in [-0.2, -0.15) is 0 Å². The molecule has 174 valence electrons. The van der Waals surface area contributed by atoms with Crippen molar-refractivity contribution in [2.75, 3.05) is 79.0 Å². The van der Waals surface area contributed by atoms with Gasteiger partial charge in [-0.15, -0.1) is 0 Å². The summed E-state index contributed by atoms with van der Waals surface area (Å²) < 4.78 is 6.47. The lowest BCUT2D eigenvalue weighted by Gasteiger charge is -2.41. The monoisotopic (exact) mass is 420 g/mol. The maximum Gasteiger partial charge on any atom is 0.0603 e. The summed E-state index contributed by atoms with van der Waals surface area (Å²) in [6.07, 6.45) is 11.8. The van der Waals surface area contributed by atoms with Crippen molar-refractivity contribution in [3.05, 3.63) is 0 Å². The summed E-state index contributed by atoms with van der Waals surface area (Å²) in [7, 11) is 2.23.